The van der Waals surface area contributed by atoms with Crippen LogP contribution in [-0.4, -0.2) is 20.9 Å². The lowest BCUT2D eigenvalue weighted by Gasteiger charge is -2.29. The molecule has 8 heteroatoms. The Balaban J connectivity index is 1.68. The molecule has 30 heavy (non-hydrogen) atoms. The zero-order chi connectivity index (χ0) is 21.3. The van der Waals surface area contributed by atoms with E-state index in [2.05, 4.69) is 4.72 Å². The number of carbonyl (C=O) groups is 1. The highest BCUT2D eigenvalue weighted by molar-refractivity contribution is 7.89. The number of hydrogen-bond acceptors (Lipinski definition) is 4. The standard InChI is InChI=1S/C22H21FN2O3S2/c1-15(26)25-12-2-4-17-14-19(10-11-20(17)25)30(27,28)24-22(21-5-3-13-29-21)16-6-8-18(23)9-7-16/h3,5-11,13-14,22,24H,2,4,12H2,1H3. The molecule has 1 atom stereocenters. The molecule has 0 radical (unpaired) electrons. The first-order chi connectivity index (χ1) is 14.3. The molecule has 2 heterocycles. The van der Waals surface area contributed by atoms with Crippen LogP contribution in [0.25, 0.3) is 0 Å². The molecule has 0 fully saturated rings. The molecule has 0 saturated heterocycles. The van der Waals surface area contributed by atoms with Gasteiger partial charge < -0.3 is 4.90 Å². The van der Waals surface area contributed by atoms with Gasteiger partial charge in [-0.3, -0.25) is 4.79 Å². The predicted octanol–water partition coefficient (Wildman–Crippen LogP) is 4.25. The summed E-state index contributed by atoms with van der Waals surface area (Å²) in [6, 6.07) is 13.7. The second-order valence-electron chi connectivity index (χ2n) is 7.19. The Morgan fingerprint density at radius 1 is 1.17 bits per heavy atom. The summed E-state index contributed by atoms with van der Waals surface area (Å²) in [4.78, 5) is 14.5. The molecule has 1 aliphatic rings. The Labute approximate surface area is 179 Å². The summed E-state index contributed by atoms with van der Waals surface area (Å²) >= 11 is 1.43. The van der Waals surface area contributed by atoms with Crippen molar-refractivity contribution in [2.75, 3.05) is 11.4 Å². The number of rotatable bonds is 5. The molecule has 1 aromatic heterocycles. The monoisotopic (exact) mass is 444 g/mol. The average Bonchev–Trinajstić information content (AvgIpc) is 3.26. The zero-order valence-electron chi connectivity index (χ0n) is 16.3. The first-order valence-electron chi connectivity index (χ1n) is 9.57. The van der Waals surface area contributed by atoms with Gasteiger partial charge in [-0.2, -0.15) is 4.72 Å². The van der Waals surface area contributed by atoms with Gasteiger partial charge in [0.25, 0.3) is 0 Å². The Bertz CT molecular complexity index is 1160. The van der Waals surface area contributed by atoms with Gasteiger partial charge in [0.15, 0.2) is 0 Å². The topological polar surface area (TPSA) is 66.5 Å². The van der Waals surface area contributed by atoms with Crippen molar-refractivity contribution in [1.29, 1.82) is 0 Å². The number of anilines is 1. The Kier molecular flexibility index (Phi) is 5.73. The second-order valence-corrected chi connectivity index (χ2v) is 9.88. The molecular weight excluding hydrogens is 423 g/mol. The molecule has 0 bridgehead atoms. The summed E-state index contributed by atoms with van der Waals surface area (Å²) < 4.78 is 42.6. The van der Waals surface area contributed by atoms with Crippen LogP contribution in [0.4, 0.5) is 10.1 Å². The van der Waals surface area contributed by atoms with Crippen molar-refractivity contribution in [2.24, 2.45) is 0 Å². The highest BCUT2D eigenvalue weighted by Crippen LogP contribution is 2.32. The van der Waals surface area contributed by atoms with E-state index in [0.29, 0.717) is 12.1 Å². The minimum Gasteiger partial charge on any atom is -0.312 e. The molecular formula is C22H21FN2O3S2. The largest absolute Gasteiger partial charge is 0.312 e. The number of aryl methyl sites for hydroxylation is 1. The van der Waals surface area contributed by atoms with Gasteiger partial charge in [0.1, 0.15) is 5.82 Å². The molecule has 2 aromatic carbocycles. The summed E-state index contributed by atoms with van der Waals surface area (Å²) in [7, 11) is -3.86. The number of nitrogens with zero attached hydrogens (tertiary/aromatic N) is 1. The van der Waals surface area contributed by atoms with Crippen LogP contribution in [0.15, 0.2) is 64.9 Å². The van der Waals surface area contributed by atoms with E-state index in [1.807, 2.05) is 17.5 Å². The highest BCUT2D eigenvalue weighted by Gasteiger charge is 2.26. The second kappa shape index (κ2) is 8.29. The summed E-state index contributed by atoms with van der Waals surface area (Å²) in [5, 5.41) is 1.87. The zero-order valence-corrected chi connectivity index (χ0v) is 18.0. The van der Waals surface area contributed by atoms with E-state index < -0.39 is 16.1 Å². The van der Waals surface area contributed by atoms with E-state index in [-0.39, 0.29) is 16.6 Å². The molecule has 3 aromatic rings. The van der Waals surface area contributed by atoms with Crippen LogP contribution in [0.2, 0.25) is 0 Å². The minimum atomic E-state index is -3.86. The Morgan fingerprint density at radius 2 is 1.93 bits per heavy atom. The summed E-state index contributed by atoms with van der Waals surface area (Å²) in [5.41, 5.74) is 2.26. The van der Waals surface area contributed by atoms with Crippen LogP contribution in [0.3, 0.4) is 0 Å². The first-order valence-corrected chi connectivity index (χ1v) is 11.9. The molecule has 1 aliphatic heterocycles. The van der Waals surface area contributed by atoms with Crippen molar-refractivity contribution in [3.8, 4) is 0 Å². The van der Waals surface area contributed by atoms with E-state index in [1.165, 1.54) is 36.5 Å². The molecule has 1 N–H and O–H groups in total. The van der Waals surface area contributed by atoms with Gasteiger partial charge in [0, 0.05) is 24.0 Å². The molecule has 4 rings (SSSR count). The maximum Gasteiger partial charge on any atom is 0.241 e. The summed E-state index contributed by atoms with van der Waals surface area (Å²) in [6.45, 7) is 2.15. The van der Waals surface area contributed by atoms with Gasteiger partial charge in [-0.1, -0.05) is 18.2 Å². The van der Waals surface area contributed by atoms with E-state index in [1.54, 1.807) is 29.2 Å². The molecule has 1 amide bonds. The normalized spacial score (nSPS) is 14.9. The van der Waals surface area contributed by atoms with Gasteiger partial charge in [-0.25, -0.2) is 12.8 Å². The van der Waals surface area contributed by atoms with Crippen LogP contribution in [0.1, 0.15) is 35.4 Å². The Hall–Kier alpha value is -2.55. The molecule has 5 nitrogen and oxygen atoms in total. The van der Waals surface area contributed by atoms with Crippen LogP contribution in [0.5, 0.6) is 0 Å². The van der Waals surface area contributed by atoms with Crippen molar-refractivity contribution in [1.82, 2.24) is 4.72 Å². The number of amides is 1. The first kappa shape index (κ1) is 20.7. The number of halogens is 1. The maximum absolute atomic E-state index is 13.4. The molecule has 1 unspecified atom stereocenters. The predicted molar refractivity (Wildman–Crippen MR) is 116 cm³/mol. The number of carbonyl (C=O) groups excluding carboxylic acids is 1. The lowest BCUT2D eigenvalue weighted by Crippen LogP contribution is -2.34. The average molecular weight is 445 g/mol. The molecule has 0 saturated carbocycles. The lowest BCUT2D eigenvalue weighted by atomic mass is 10.0. The minimum absolute atomic E-state index is 0.0567. The summed E-state index contributed by atoms with van der Waals surface area (Å²) in [6.07, 6.45) is 1.51. The fourth-order valence-electron chi connectivity index (χ4n) is 3.69. The van der Waals surface area contributed by atoms with Gasteiger partial charge in [-0.15, -0.1) is 11.3 Å². The maximum atomic E-state index is 13.4. The third-order valence-corrected chi connectivity index (χ3v) is 7.52. The van der Waals surface area contributed by atoms with E-state index in [4.69, 9.17) is 0 Å². The van der Waals surface area contributed by atoms with Gasteiger partial charge >= 0.3 is 0 Å². The number of sulfonamides is 1. The number of fused-ring (bicyclic) bond motifs is 1. The lowest BCUT2D eigenvalue weighted by molar-refractivity contribution is -0.116. The fraction of sp³-hybridized carbons (Fsp3) is 0.227. The Morgan fingerprint density at radius 3 is 2.60 bits per heavy atom. The highest BCUT2D eigenvalue weighted by atomic mass is 32.2. The third-order valence-electron chi connectivity index (χ3n) is 5.16. The van der Waals surface area contributed by atoms with Crippen molar-refractivity contribution < 1.29 is 17.6 Å². The smallest absolute Gasteiger partial charge is 0.241 e. The van der Waals surface area contributed by atoms with Crippen molar-refractivity contribution in [3.05, 3.63) is 81.8 Å². The van der Waals surface area contributed by atoms with Gasteiger partial charge in [0.05, 0.1) is 10.9 Å². The molecule has 156 valence electrons. The van der Waals surface area contributed by atoms with E-state index in [9.17, 15) is 17.6 Å². The van der Waals surface area contributed by atoms with Crippen molar-refractivity contribution >= 4 is 33.0 Å². The number of nitrogens with one attached hydrogen (secondary N) is 1. The molecule has 0 aliphatic carbocycles. The van der Waals surface area contributed by atoms with Crippen molar-refractivity contribution in [3.63, 3.8) is 0 Å². The van der Waals surface area contributed by atoms with Gasteiger partial charge in [-0.05, 0) is 65.7 Å². The fourth-order valence-corrected chi connectivity index (χ4v) is 5.82. The van der Waals surface area contributed by atoms with E-state index >= 15 is 0 Å². The van der Waals surface area contributed by atoms with Gasteiger partial charge in [0.2, 0.25) is 15.9 Å². The van der Waals surface area contributed by atoms with E-state index in [0.717, 1.165) is 29.0 Å². The van der Waals surface area contributed by atoms with Crippen LogP contribution in [-0.2, 0) is 21.2 Å². The van der Waals surface area contributed by atoms with Crippen LogP contribution in [0, 0.1) is 5.82 Å². The summed E-state index contributed by atoms with van der Waals surface area (Å²) in [5.74, 6) is -0.435. The third kappa shape index (κ3) is 4.16. The molecule has 0 spiro atoms. The van der Waals surface area contributed by atoms with Crippen LogP contribution >= 0.6 is 11.3 Å². The number of hydrogen-bond donors (Lipinski definition) is 1. The van der Waals surface area contributed by atoms with Crippen molar-refractivity contribution in [2.45, 2.75) is 30.7 Å². The number of benzene rings is 2. The van der Waals surface area contributed by atoms with Crippen LogP contribution < -0.4 is 9.62 Å². The SMILES string of the molecule is CC(=O)N1CCCc2cc(S(=O)(=O)NC(c3ccc(F)cc3)c3cccs3)ccc21. The number of thiophene rings is 1. The quantitative estimate of drug-likeness (QED) is 0.640.